The van der Waals surface area contributed by atoms with E-state index in [1.54, 1.807) is 0 Å². The summed E-state index contributed by atoms with van der Waals surface area (Å²) in [6.45, 7) is 9.28. The fourth-order valence-electron chi connectivity index (χ4n) is 1.82. The highest BCUT2D eigenvalue weighted by Gasteiger charge is 2.09. The second-order valence-electron chi connectivity index (χ2n) is 4.97. The lowest BCUT2D eigenvalue weighted by molar-refractivity contribution is -0.142. The van der Waals surface area contributed by atoms with Crippen molar-refractivity contribution in [1.82, 2.24) is 0 Å². The third-order valence-electron chi connectivity index (χ3n) is 2.78. The molecule has 0 unspecified atom stereocenters. The molecule has 0 saturated heterocycles. The van der Waals surface area contributed by atoms with Crippen LogP contribution in [0.4, 0.5) is 0 Å². The number of esters is 1. The van der Waals surface area contributed by atoms with E-state index < -0.39 is 0 Å². The minimum atomic E-state index is -0.173. The van der Waals surface area contributed by atoms with Crippen LogP contribution in [0.5, 0.6) is 5.75 Å². The number of rotatable bonds is 7. The molecule has 0 aliphatic carbocycles. The van der Waals surface area contributed by atoms with Gasteiger partial charge in [-0.15, -0.1) is 0 Å². The van der Waals surface area contributed by atoms with E-state index in [1.807, 2.05) is 25.1 Å². The number of aryl methyl sites for hydroxylation is 1. The molecular weight excluding hydrogens is 240 g/mol. The molecule has 1 rings (SSSR count). The van der Waals surface area contributed by atoms with Crippen LogP contribution in [0.1, 0.15) is 38.8 Å². The fourth-order valence-corrected chi connectivity index (χ4v) is 1.82. The predicted molar refractivity (Wildman–Crippen MR) is 76.5 cm³/mol. The van der Waals surface area contributed by atoms with Crippen LogP contribution < -0.4 is 4.74 Å². The predicted octanol–water partition coefficient (Wildman–Crippen LogP) is 3.39. The van der Waals surface area contributed by atoms with Crippen LogP contribution in [-0.2, 0) is 22.4 Å². The molecule has 0 spiro atoms. The van der Waals surface area contributed by atoms with Crippen LogP contribution in [0.3, 0.4) is 0 Å². The molecule has 0 N–H and O–H groups in total. The molecule has 0 aliphatic rings. The van der Waals surface area contributed by atoms with Crippen molar-refractivity contribution in [1.29, 1.82) is 0 Å². The summed E-state index contributed by atoms with van der Waals surface area (Å²) in [5.74, 6) is 1.20. The standard InChI is InChI=1S/C16H24O3/c1-5-13-9-15(19-11-12(3)4)8-7-14(13)10-16(17)18-6-2/h7-9,12H,5-6,10-11H2,1-4H3. The molecule has 19 heavy (non-hydrogen) atoms. The van der Waals surface area contributed by atoms with Crippen molar-refractivity contribution in [2.45, 2.75) is 40.5 Å². The molecule has 3 heteroatoms. The Morgan fingerprint density at radius 3 is 2.53 bits per heavy atom. The molecule has 0 aromatic heterocycles. The lowest BCUT2D eigenvalue weighted by Crippen LogP contribution is -2.10. The zero-order chi connectivity index (χ0) is 14.3. The summed E-state index contributed by atoms with van der Waals surface area (Å²) in [5, 5.41) is 0. The SMILES string of the molecule is CCOC(=O)Cc1ccc(OCC(C)C)cc1CC. The van der Waals surface area contributed by atoms with Crippen molar-refractivity contribution in [2.24, 2.45) is 5.92 Å². The Labute approximate surface area is 115 Å². The van der Waals surface area contributed by atoms with Crippen molar-refractivity contribution in [2.75, 3.05) is 13.2 Å². The highest BCUT2D eigenvalue weighted by Crippen LogP contribution is 2.20. The zero-order valence-corrected chi connectivity index (χ0v) is 12.4. The average molecular weight is 264 g/mol. The molecule has 1 aromatic rings. The van der Waals surface area contributed by atoms with Crippen LogP contribution in [0.25, 0.3) is 0 Å². The first-order chi connectivity index (χ1) is 9.06. The molecule has 0 bridgehead atoms. The summed E-state index contributed by atoms with van der Waals surface area (Å²) < 4.78 is 10.7. The third-order valence-corrected chi connectivity index (χ3v) is 2.78. The number of ether oxygens (including phenoxy) is 2. The number of carbonyl (C=O) groups excluding carboxylic acids is 1. The van der Waals surface area contributed by atoms with Crippen LogP contribution in [0.15, 0.2) is 18.2 Å². The first kappa shape index (κ1) is 15.5. The van der Waals surface area contributed by atoms with Gasteiger partial charge in [-0.2, -0.15) is 0 Å². The molecule has 0 amide bonds. The smallest absolute Gasteiger partial charge is 0.310 e. The van der Waals surface area contributed by atoms with Crippen molar-refractivity contribution in [3.05, 3.63) is 29.3 Å². The van der Waals surface area contributed by atoms with Crippen LogP contribution in [0.2, 0.25) is 0 Å². The number of hydrogen-bond acceptors (Lipinski definition) is 3. The van der Waals surface area contributed by atoms with E-state index in [0.717, 1.165) is 23.3 Å². The fraction of sp³-hybridized carbons (Fsp3) is 0.562. The quantitative estimate of drug-likeness (QED) is 0.708. The maximum Gasteiger partial charge on any atom is 0.310 e. The Morgan fingerprint density at radius 1 is 1.21 bits per heavy atom. The second-order valence-corrected chi connectivity index (χ2v) is 4.97. The molecule has 0 heterocycles. The maximum atomic E-state index is 11.5. The van der Waals surface area contributed by atoms with E-state index in [4.69, 9.17) is 9.47 Å². The molecule has 0 radical (unpaired) electrons. The zero-order valence-electron chi connectivity index (χ0n) is 12.4. The molecule has 0 atom stereocenters. The Hall–Kier alpha value is -1.51. The monoisotopic (exact) mass is 264 g/mol. The van der Waals surface area contributed by atoms with E-state index in [0.29, 0.717) is 25.6 Å². The molecule has 0 fully saturated rings. The highest BCUT2D eigenvalue weighted by molar-refractivity contribution is 5.73. The summed E-state index contributed by atoms with van der Waals surface area (Å²) in [5.41, 5.74) is 2.17. The van der Waals surface area contributed by atoms with E-state index >= 15 is 0 Å². The minimum Gasteiger partial charge on any atom is -0.493 e. The van der Waals surface area contributed by atoms with Crippen molar-refractivity contribution >= 4 is 5.97 Å². The van der Waals surface area contributed by atoms with E-state index in [1.165, 1.54) is 0 Å². The largest absolute Gasteiger partial charge is 0.493 e. The summed E-state index contributed by atoms with van der Waals surface area (Å²) in [7, 11) is 0. The van der Waals surface area contributed by atoms with Gasteiger partial charge >= 0.3 is 5.97 Å². The molecule has 1 aromatic carbocycles. The number of benzene rings is 1. The van der Waals surface area contributed by atoms with Gasteiger partial charge in [-0.3, -0.25) is 4.79 Å². The van der Waals surface area contributed by atoms with Crippen LogP contribution in [0, 0.1) is 5.92 Å². The molecule has 0 saturated carbocycles. The second kappa shape index (κ2) is 7.82. The van der Waals surface area contributed by atoms with Gasteiger partial charge in [0.25, 0.3) is 0 Å². The summed E-state index contributed by atoms with van der Waals surface area (Å²) in [6, 6.07) is 5.92. The van der Waals surface area contributed by atoms with Gasteiger partial charge in [0.2, 0.25) is 0 Å². The van der Waals surface area contributed by atoms with Gasteiger partial charge in [0.15, 0.2) is 0 Å². The Kier molecular flexibility index (Phi) is 6.40. The third kappa shape index (κ3) is 5.33. The summed E-state index contributed by atoms with van der Waals surface area (Å²) in [4.78, 5) is 11.5. The Balaban J connectivity index is 2.75. The van der Waals surface area contributed by atoms with Crippen molar-refractivity contribution < 1.29 is 14.3 Å². The van der Waals surface area contributed by atoms with Gasteiger partial charge in [0.1, 0.15) is 5.75 Å². The molecule has 106 valence electrons. The normalized spacial score (nSPS) is 10.6. The molecule has 3 nitrogen and oxygen atoms in total. The summed E-state index contributed by atoms with van der Waals surface area (Å²) >= 11 is 0. The Morgan fingerprint density at radius 2 is 1.95 bits per heavy atom. The highest BCUT2D eigenvalue weighted by atomic mass is 16.5. The summed E-state index contributed by atoms with van der Waals surface area (Å²) in [6.07, 6.45) is 1.22. The first-order valence-electron chi connectivity index (χ1n) is 6.97. The van der Waals surface area contributed by atoms with Gasteiger partial charge in [-0.1, -0.05) is 26.8 Å². The van der Waals surface area contributed by atoms with E-state index in [2.05, 4.69) is 20.8 Å². The van der Waals surface area contributed by atoms with Gasteiger partial charge in [0.05, 0.1) is 19.6 Å². The van der Waals surface area contributed by atoms with Gasteiger partial charge in [-0.25, -0.2) is 0 Å². The lowest BCUT2D eigenvalue weighted by atomic mass is 10.0. The van der Waals surface area contributed by atoms with Gasteiger partial charge in [-0.05, 0) is 42.5 Å². The number of hydrogen-bond donors (Lipinski definition) is 0. The van der Waals surface area contributed by atoms with Crippen molar-refractivity contribution in [3.8, 4) is 5.75 Å². The topological polar surface area (TPSA) is 35.5 Å². The van der Waals surface area contributed by atoms with E-state index in [9.17, 15) is 4.79 Å². The van der Waals surface area contributed by atoms with E-state index in [-0.39, 0.29) is 5.97 Å². The maximum absolute atomic E-state index is 11.5. The molecular formula is C16H24O3. The van der Waals surface area contributed by atoms with Gasteiger partial charge < -0.3 is 9.47 Å². The van der Waals surface area contributed by atoms with Crippen LogP contribution in [-0.4, -0.2) is 19.2 Å². The lowest BCUT2D eigenvalue weighted by Gasteiger charge is -2.12. The first-order valence-corrected chi connectivity index (χ1v) is 6.97. The molecule has 0 aliphatic heterocycles. The number of carbonyl (C=O) groups is 1. The van der Waals surface area contributed by atoms with Crippen LogP contribution >= 0.6 is 0 Å². The van der Waals surface area contributed by atoms with Gasteiger partial charge in [0, 0.05) is 0 Å². The average Bonchev–Trinajstić information content (AvgIpc) is 2.37. The minimum absolute atomic E-state index is 0.173. The van der Waals surface area contributed by atoms with Crippen molar-refractivity contribution in [3.63, 3.8) is 0 Å². The Bertz CT molecular complexity index is 410.